The second-order valence-electron chi connectivity index (χ2n) is 5.75. The van der Waals surface area contributed by atoms with E-state index < -0.39 is 10.0 Å². The standard InChI is InChI=1S/C14H25N3O2S/c1-9(2)5-6-10(3)17-13-7-12(15)8-14(11(13)4)20(16,18)19/h7-10,17H,5-6,15H2,1-4H3,(H2,16,18,19). The molecule has 0 spiro atoms. The predicted octanol–water partition coefficient (Wildman–Crippen LogP) is 2.46. The van der Waals surface area contributed by atoms with Crippen LogP contribution in [0.1, 0.15) is 39.2 Å². The highest BCUT2D eigenvalue weighted by molar-refractivity contribution is 7.89. The summed E-state index contributed by atoms with van der Waals surface area (Å²) in [6, 6.07) is 3.39. The minimum atomic E-state index is -3.76. The van der Waals surface area contributed by atoms with Crippen molar-refractivity contribution < 1.29 is 8.42 Å². The first-order valence-corrected chi connectivity index (χ1v) is 8.35. The van der Waals surface area contributed by atoms with Gasteiger partial charge in [-0.15, -0.1) is 0 Å². The molecule has 0 fully saturated rings. The third-order valence-electron chi connectivity index (χ3n) is 3.27. The number of primary sulfonamides is 1. The van der Waals surface area contributed by atoms with Gasteiger partial charge in [-0.05, 0) is 50.3 Å². The molecule has 0 bridgehead atoms. The fraction of sp³-hybridized carbons (Fsp3) is 0.571. The van der Waals surface area contributed by atoms with Crippen molar-refractivity contribution in [2.75, 3.05) is 11.1 Å². The van der Waals surface area contributed by atoms with Gasteiger partial charge in [0.25, 0.3) is 0 Å². The van der Waals surface area contributed by atoms with E-state index in [0.29, 0.717) is 17.2 Å². The summed E-state index contributed by atoms with van der Waals surface area (Å²) in [7, 11) is -3.76. The van der Waals surface area contributed by atoms with E-state index in [4.69, 9.17) is 10.9 Å². The molecule has 0 saturated carbocycles. The fourth-order valence-corrected chi connectivity index (χ4v) is 2.91. The second kappa shape index (κ2) is 6.45. The average Bonchev–Trinajstić information content (AvgIpc) is 2.29. The molecule has 0 radical (unpaired) electrons. The molecule has 20 heavy (non-hydrogen) atoms. The first-order valence-electron chi connectivity index (χ1n) is 6.80. The largest absolute Gasteiger partial charge is 0.399 e. The van der Waals surface area contributed by atoms with Crippen LogP contribution < -0.4 is 16.2 Å². The number of hydrogen-bond donors (Lipinski definition) is 3. The quantitative estimate of drug-likeness (QED) is 0.703. The Balaban J connectivity index is 2.99. The van der Waals surface area contributed by atoms with Gasteiger partial charge in [0.15, 0.2) is 0 Å². The van der Waals surface area contributed by atoms with Gasteiger partial charge in [0.05, 0.1) is 4.90 Å². The summed E-state index contributed by atoms with van der Waals surface area (Å²) < 4.78 is 23.1. The lowest BCUT2D eigenvalue weighted by Gasteiger charge is -2.19. The molecule has 5 N–H and O–H groups in total. The molecule has 114 valence electrons. The van der Waals surface area contributed by atoms with Gasteiger partial charge in [0, 0.05) is 17.4 Å². The number of anilines is 2. The third-order valence-corrected chi connectivity index (χ3v) is 4.30. The Bertz CT molecular complexity index is 568. The zero-order valence-electron chi connectivity index (χ0n) is 12.6. The van der Waals surface area contributed by atoms with E-state index in [2.05, 4.69) is 26.1 Å². The number of sulfonamides is 1. The minimum absolute atomic E-state index is 0.0797. The van der Waals surface area contributed by atoms with Crippen molar-refractivity contribution in [2.45, 2.75) is 51.5 Å². The molecule has 0 amide bonds. The monoisotopic (exact) mass is 299 g/mol. The molecule has 1 atom stereocenters. The van der Waals surface area contributed by atoms with Gasteiger partial charge in [0.1, 0.15) is 0 Å². The van der Waals surface area contributed by atoms with E-state index in [-0.39, 0.29) is 10.9 Å². The molecule has 1 aromatic rings. The average molecular weight is 299 g/mol. The Morgan fingerprint density at radius 1 is 1.20 bits per heavy atom. The highest BCUT2D eigenvalue weighted by atomic mass is 32.2. The number of nitrogens with two attached hydrogens (primary N) is 2. The van der Waals surface area contributed by atoms with Crippen LogP contribution in [0.2, 0.25) is 0 Å². The maximum absolute atomic E-state index is 11.6. The number of benzene rings is 1. The highest BCUT2D eigenvalue weighted by Gasteiger charge is 2.16. The van der Waals surface area contributed by atoms with Crippen molar-refractivity contribution in [3.63, 3.8) is 0 Å². The summed E-state index contributed by atoms with van der Waals surface area (Å²) in [4.78, 5) is 0.0797. The lowest BCUT2D eigenvalue weighted by Crippen LogP contribution is -2.19. The molecule has 1 unspecified atom stereocenters. The summed E-state index contributed by atoms with van der Waals surface area (Å²) in [5.41, 5.74) is 7.49. The molecule has 1 rings (SSSR count). The zero-order valence-corrected chi connectivity index (χ0v) is 13.4. The molecular weight excluding hydrogens is 274 g/mol. The molecule has 0 aromatic heterocycles. The number of rotatable bonds is 6. The van der Waals surface area contributed by atoms with Gasteiger partial charge in [0.2, 0.25) is 10.0 Å². The van der Waals surface area contributed by atoms with E-state index in [1.165, 1.54) is 6.07 Å². The minimum Gasteiger partial charge on any atom is -0.399 e. The van der Waals surface area contributed by atoms with Gasteiger partial charge in [-0.1, -0.05) is 13.8 Å². The molecule has 6 heteroatoms. The number of hydrogen-bond acceptors (Lipinski definition) is 4. The molecule has 0 aliphatic heterocycles. The lowest BCUT2D eigenvalue weighted by atomic mass is 10.0. The van der Waals surface area contributed by atoms with E-state index in [1.54, 1.807) is 13.0 Å². The Hall–Kier alpha value is -1.27. The SMILES string of the molecule is Cc1c(NC(C)CCC(C)C)cc(N)cc1S(N)(=O)=O. The Morgan fingerprint density at radius 3 is 2.30 bits per heavy atom. The highest BCUT2D eigenvalue weighted by Crippen LogP contribution is 2.27. The zero-order chi connectivity index (χ0) is 15.5. The van der Waals surface area contributed by atoms with Crippen LogP contribution in [0.3, 0.4) is 0 Å². The molecule has 1 aromatic carbocycles. The Kier molecular flexibility index (Phi) is 5.42. The molecular formula is C14H25N3O2S. The van der Waals surface area contributed by atoms with Crippen molar-refractivity contribution in [1.82, 2.24) is 0 Å². The van der Waals surface area contributed by atoms with Gasteiger partial charge in [-0.25, -0.2) is 13.6 Å². The van der Waals surface area contributed by atoms with Crippen LogP contribution in [-0.2, 0) is 10.0 Å². The van der Waals surface area contributed by atoms with Gasteiger partial charge in [-0.3, -0.25) is 0 Å². The summed E-state index contributed by atoms with van der Waals surface area (Å²) >= 11 is 0. The number of nitrogen functional groups attached to an aromatic ring is 1. The van der Waals surface area contributed by atoms with Crippen LogP contribution in [0.4, 0.5) is 11.4 Å². The van der Waals surface area contributed by atoms with E-state index in [0.717, 1.165) is 18.5 Å². The summed E-state index contributed by atoms with van der Waals surface area (Å²) in [6.45, 7) is 8.16. The molecule has 0 aliphatic carbocycles. The van der Waals surface area contributed by atoms with Crippen LogP contribution in [0.5, 0.6) is 0 Å². The van der Waals surface area contributed by atoms with Crippen LogP contribution in [0.15, 0.2) is 17.0 Å². The second-order valence-corrected chi connectivity index (χ2v) is 7.28. The van der Waals surface area contributed by atoms with Crippen molar-refractivity contribution in [2.24, 2.45) is 11.1 Å². The topological polar surface area (TPSA) is 98.2 Å². The maximum atomic E-state index is 11.6. The van der Waals surface area contributed by atoms with E-state index in [9.17, 15) is 8.42 Å². The normalized spacial score (nSPS) is 13.5. The van der Waals surface area contributed by atoms with E-state index in [1.807, 2.05) is 0 Å². The predicted molar refractivity (Wildman–Crippen MR) is 84.1 cm³/mol. The molecule has 0 aliphatic rings. The van der Waals surface area contributed by atoms with Crippen molar-refractivity contribution >= 4 is 21.4 Å². The lowest BCUT2D eigenvalue weighted by molar-refractivity contribution is 0.527. The van der Waals surface area contributed by atoms with Gasteiger partial charge in [-0.2, -0.15) is 0 Å². The number of nitrogens with one attached hydrogen (secondary N) is 1. The van der Waals surface area contributed by atoms with Gasteiger partial charge >= 0.3 is 0 Å². The van der Waals surface area contributed by atoms with Crippen LogP contribution in [0, 0.1) is 12.8 Å². The van der Waals surface area contributed by atoms with Crippen LogP contribution in [0.25, 0.3) is 0 Å². The first-order chi connectivity index (χ1) is 9.11. The van der Waals surface area contributed by atoms with Crippen LogP contribution >= 0.6 is 0 Å². The summed E-state index contributed by atoms with van der Waals surface area (Å²) in [5, 5.41) is 8.53. The first kappa shape index (κ1) is 16.8. The molecule has 0 saturated heterocycles. The smallest absolute Gasteiger partial charge is 0.238 e. The van der Waals surface area contributed by atoms with Crippen molar-refractivity contribution in [3.8, 4) is 0 Å². The summed E-state index contributed by atoms with van der Waals surface area (Å²) in [5.74, 6) is 0.640. The summed E-state index contributed by atoms with van der Waals surface area (Å²) in [6.07, 6.45) is 2.12. The van der Waals surface area contributed by atoms with Crippen LogP contribution in [-0.4, -0.2) is 14.5 Å². The molecule has 5 nitrogen and oxygen atoms in total. The van der Waals surface area contributed by atoms with Crippen molar-refractivity contribution in [3.05, 3.63) is 17.7 Å². The van der Waals surface area contributed by atoms with Gasteiger partial charge < -0.3 is 11.1 Å². The van der Waals surface area contributed by atoms with E-state index >= 15 is 0 Å². The third kappa shape index (κ3) is 4.68. The fourth-order valence-electron chi connectivity index (χ4n) is 2.08. The molecule has 0 heterocycles. The van der Waals surface area contributed by atoms with Crippen molar-refractivity contribution in [1.29, 1.82) is 0 Å². The maximum Gasteiger partial charge on any atom is 0.238 e. The Labute approximate surface area is 121 Å². The Morgan fingerprint density at radius 2 is 1.80 bits per heavy atom.